The van der Waals surface area contributed by atoms with Gasteiger partial charge in [-0.2, -0.15) is 0 Å². The smallest absolute Gasteiger partial charge is 0.191 e. The molecular formula is C18H23ClN4O3. The maximum Gasteiger partial charge on any atom is 0.191 e. The maximum absolute atomic E-state index is 6.29. The number of halogens is 1. The third kappa shape index (κ3) is 4.22. The Kier molecular flexibility index (Phi) is 5.88. The first kappa shape index (κ1) is 18.4. The number of aromatic nitrogens is 1. The standard InChI is InChI=1S/C18H23ClN4O3/c1-4-20-18(22-10-14-11(2)23-26-12(14)3)21-9-13-7-15(19)17-16(8-13)24-5-6-25-17/h7-8H,4-6,9-10H2,1-3H3,(H2,20,21,22). The van der Waals surface area contributed by atoms with Gasteiger partial charge in [0, 0.05) is 18.7 Å². The number of aliphatic imine (C=N–C) groups is 1. The summed E-state index contributed by atoms with van der Waals surface area (Å²) in [6, 6.07) is 3.78. The molecule has 2 heterocycles. The third-order valence-corrected chi connectivity index (χ3v) is 4.32. The van der Waals surface area contributed by atoms with Gasteiger partial charge in [0.1, 0.15) is 19.0 Å². The van der Waals surface area contributed by atoms with Crippen LogP contribution >= 0.6 is 11.6 Å². The second-order valence-electron chi connectivity index (χ2n) is 5.95. The largest absolute Gasteiger partial charge is 0.486 e. The summed E-state index contributed by atoms with van der Waals surface area (Å²) in [6.45, 7) is 8.71. The van der Waals surface area contributed by atoms with Crippen molar-refractivity contribution < 1.29 is 14.0 Å². The highest BCUT2D eigenvalue weighted by molar-refractivity contribution is 6.32. The Balaban J connectivity index is 1.70. The Morgan fingerprint density at radius 1 is 1.23 bits per heavy atom. The first-order chi connectivity index (χ1) is 12.6. The molecule has 2 N–H and O–H groups in total. The number of hydrogen-bond donors (Lipinski definition) is 2. The van der Waals surface area contributed by atoms with Crippen molar-refractivity contribution >= 4 is 17.6 Å². The van der Waals surface area contributed by atoms with Gasteiger partial charge in [0.25, 0.3) is 0 Å². The molecule has 0 amide bonds. The molecule has 0 saturated carbocycles. The van der Waals surface area contributed by atoms with Crippen molar-refractivity contribution in [2.75, 3.05) is 19.8 Å². The van der Waals surface area contributed by atoms with Gasteiger partial charge in [-0.05, 0) is 38.5 Å². The summed E-state index contributed by atoms with van der Waals surface area (Å²) in [5.41, 5.74) is 2.87. The predicted molar refractivity (Wildman–Crippen MR) is 100 cm³/mol. The summed E-state index contributed by atoms with van der Waals surface area (Å²) >= 11 is 6.29. The van der Waals surface area contributed by atoms with Gasteiger partial charge in [-0.15, -0.1) is 0 Å². The van der Waals surface area contributed by atoms with Crippen LogP contribution < -0.4 is 20.1 Å². The predicted octanol–water partition coefficient (Wildman–Crippen LogP) is 2.97. The van der Waals surface area contributed by atoms with Crippen molar-refractivity contribution in [3.8, 4) is 11.5 Å². The van der Waals surface area contributed by atoms with Crippen molar-refractivity contribution in [2.24, 2.45) is 4.99 Å². The average molecular weight is 379 g/mol. The molecule has 1 aliphatic heterocycles. The van der Waals surface area contributed by atoms with Gasteiger partial charge >= 0.3 is 0 Å². The first-order valence-corrected chi connectivity index (χ1v) is 8.98. The first-order valence-electron chi connectivity index (χ1n) is 8.60. The lowest BCUT2D eigenvalue weighted by Gasteiger charge is -2.20. The van der Waals surface area contributed by atoms with E-state index in [2.05, 4.69) is 20.8 Å². The third-order valence-electron chi connectivity index (χ3n) is 4.03. The molecule has 1 aromatic heterocycles. The van der Waals surface area contributed by atoms with Crippen LogP contribution in [0, 0.1) is 13.8 Å². The number of hydrogen-bond acceptors (Lipinski definition) is 5. The lowest BCUT2D eigenvalue weighted by atomic mass is 10.2. The molecule has 0 bridgehead atoms. The van der Waals surface area contributed by atoms with E-state index in [1.54, 1.807) is 0 Å². The highest BCUT2D eigenvalue weighted by atomic mass is 35.5. The summed E-state index contributed by atoms with van der Waals surface area (Å²) in [4.78, 5) is 4.62. The molecular weight excluding hydrogens is 356 g/mol. The van der Waals surface area contributed by atoms with E-state index in [1.807, 2.05) is 32.9 Å². The van der Waals surface area contributed by atoms with E-state index in [0.29, 0.717) is 48.8 Å². The Hall–Kier alpha value is -2.41. The second kappa shape index (κ2) is 8.31. The van der Waals surface area contributed by atoms with E-state index in [9.17, 15) is 0 Å². The summed E-state index contributed by atoms with van der Waals surface area (Å²) in [5, 5.41) is 11.0. The van der Waals surface area contributed by atoms with Gasteiger partial charge in [-0.25, -0.2) is 4.99 Å². The summed E-state index contributed by atoms with van der Waals surface area (Å²) < 4.78 is 16.4. The minimum atomic E-state index is 0.466. The molecule has 1 aromatic carbocycles. The number of guanidine groups is 1. The molecule has 0 atom stereocenters. The molecule has 8 heteroatoms. The molecule has 2 aromatic rings. The van der Waals surface area contributed by atoms with Gasteiger partial charge in [-0.1, -0.05) is 16.8 Å². The van der Waals surface area contributed by atoms with Gasteiger partial charge in [0.2, 0.25) is 0 Å². The number of nitrogens with zero attached hydrogens (tertiary/aromatic N) is 2. The molecule has 140 valence electrons. The minimum Gasteiger partial charge on any atom is -0.486 e. The molecule has 26 heavy (non-hydrogen) atoms. The number of benzene rings is 1. The molecule has 0 radical (unpaired) electrons. The van der Waals surface area contributed by atoms with Crippen LogP contribution in [0.1, 0.15) is 29.5 Å². The fourth-order valence-electron chi connectivity index (χ4n) is 2.69. The lowest BCUT2D eigenvalue weighted by Crippen LogP contribution is -2.37. The van der Waals surface area contributed by atoms with Gasteiger partial charge in [0.15, 0.2) is 17.5 Å². The van der Waals surface area contributed by atoms with Crippen LogP contribution in [0.4, 0.5) is 0 Å². The average Bonchev–Trinajstić information content (AvgIpc) is 2.95. The van der Waals surface area contributed by atoms with E-state index in [-0.39, 0.29) is 0 Å². The Labute approximate surface area is 157 Å². The quantitative estimate of drug-likeness (QED) is 0.615. The molecule has 0 unspecified atom stereocenters. The van der Waals surface area contributed by atoms with Gasteiger partial charge in [0.05, 0.1) is 17.3 Å². The number of rotatable bonds is 5. The van der Waals surface area contributed by atoms with Crippen LogP contribution in [-0.2, 0) is 13.1 Å². The zero-order valence-corrected chi connectivity index (χ0v) is 15.9. The molecule has 1 aliphatic rings. The zero-order valence-electron chi connectivity index (χ0n) is 15.2. The Bertz CT molecular complexity index is 784. The van der Waals surface area contributed by atoms with Gasteiger partial charge in [-0.3, -0.25) is 0 Å². The van der Waals surface area contributed by atoms with Gasteiger partial charge < -0.3 is 24.6 Å². The zero-order chi connectivity index (χ0) is 18.5. The van der Waals surface area contributed by atoms with Crippen LogP contribution in [-0.4, -0.2) is 30.9 Å². The highest BCUT2D eigenvalue weighted by Crippen LogP contribution is 2.38. The van der Waals surface area contributed by atoms with E-state index >= 15 is 0 Å². The van der Waals surface area contributed by atoms with Crippen molar-refractivity contribution in [2.45, 2.75) is 33.9 Å². The summed E-state index contributed by atoms with van der Waals surface area (Å²) in [6.07, 6.45) is 0. The SMILES string of the molecule is CCNC(=NCc1cc(Cl)c2c(c1)OCCO2)NCc1c(C)noc1C. The maximum atomic E-state index is 6.29. The van der Waals surface area contributed by atoms with Crippen molar-refractivity contribution in [3.05, 3.63) is 39.7 Å². The normalized spacial score (nSPS) is 13.6. The van der Waals surface area contributed by atoms with Crippen LogP contribution in [0.5, 0.6) is 11.5 Å². The van der Waals surface area contributed by atoms with E-state index in [0.717, 1.165) is 29.1 Å². The molecule has 0 fully saturated rings. The molecule has 7 nitrogen and oxygen atoms in total. The lowest BCUT2D eigenvalue weighted by molar-refractivity contribution is 0.171. The topological polar surface area (TPSA) is 80.9 Å². The second-order valence-corrected chi connectivity index (χ2v) is 6.36. The Morgan fingerprint density at radius 2 is 2.04 bits per heavy atom. The Morgan fingerprint density at radius 3 is 2.77 bits per heavy atom. The monoisotopic (exact) mass is 378 g/mol. The van der Waals surface area contributed by atoms with Crippen molar-refractivity contribution in [3.63, 3.8) is 0 Å². The summed E-state index contributed by atoms with van der Waals surface area (Å²) in [7, 11) is 0. The van der Waals surface area contributed by atoms with E-state index in [4.69, 9.17) is 25.6 Å². The molecule has 3 rings (SSSR count). The van der Waals surface area contributed by atoms with Crippen LogP contribution in [0.15, 0.2) is 21.6 Å². The highest BCUT2D eigenvalue weighted by Gasteiger charge is 2.16. The fraction of sp³-hybridized carbons (Fsp3) is 0.444. The van der Waals surface area contributed by atoms with E-state index in [1.165, 1.54) is 0 Å². The van der Waals surface area contributed by atoms with Crippen LogP contribution in [0.3, 0.4) is 0 Å². The number of nitrogens with one attached hydrogen (secondary N) is 2. The van der Waals surface area contributed by atoms with Crippen molar-refractivity contribution in [1.29, 1.82) is 0 Å². The van der Waals surface area contributed by atoms with Crippen molar-refractivity contribution in [1.82, 2.24) is 15.8 Å². The minimum absolute atomic E-state index is 0.466. The molecule has 0 spiro atoms. The fourth-order valence-corrected chi connectivity index (χ4v) is 2.98. The molecule has 0 saturated heterocycles. The van der Waals surface area contributed by atoms with Crippen LogP contribution in [0.2, 0.25) is 5.02 Å². The van der Waals surface area contributed by atoms with E-state index < -0.39 is 0 Å². The number of fused-ring (bicyclic) bond motifs is 1. The molecule has 0 aliphatic carbocycles. The summed E-state index contributed by atoms with van der Waals surface area (Å²) in [5.74, 6) is 2.79. The van der Waals surface area contributed by atoms with Crippen LogP contribution in [0.25, 0.3) is 0 Å². The number of aryl methyl sites for hydroxylation is 2. The number of ether oxygens (including phenoxy) is 2.